The van der Waals surface area contributed by atoms with Crippen molar-refractivity contribution in [3.05, 3.63) is 40.3 Å². The van der Waals surface area contributed by atoms with E-state index in [1.165, 1.54) is 12.3 Å². The number of alkyl halides is 3. The molecule has 0 atom stereocenters. The number of aromatic amines is 1. The van der Waals surface area contributed by atoms with Crippen LogP contribution in [0.25, 0.3) is 5.57 Å². The molecule has 6 nitrogen and oxygen atoms in total. The lowest BCUT2D eigenvalue weighted by Crippen LogP contribution is -2.05. The van der Waals surface area contributed by atoms with Gasteiger partial charge in [0.05, 0.1) is 11.3 Å². The predicted molar refractivity (Wildman–Crippen MR) is 70.5 cm³/mol. The van der Waals surface area contributed by atoms with Gasteiger partial charge in [-0.25, -0.2) is 0 Å². The highest BCUT2D eigenvalue weighted by Crippen LogP contribution is 2.34. The highest BCUT2D eigenvalue weighted by molar-refractivity contribution is 9.10. The van der Waals surface area contributed by atoms with Crippen LogP contribution >= 0.6 is 15.9 Å². The average Bonchev–Trinajstić information content (AvgIpc) is 2.94. The fourth-order valence-electron chi connectivity index (χ4n) is 1.38. The molecule has 2 N–H and O–H groups in total. The van der Waals surface area contributed by atoms with Crippen LogP contribution in [-0.2, 0) is 6.18 Å². The fraction of sp³-hybridized carbons (Fsp3) is 0.0909. The molecule has 0 radical (unpaired) electrons. The number of aromatic nitrogens is 4. The third-order valence-electron chi connectivity index (χ3n) is 2.37. The quantitative estimate of drug-likeness (QED) is 0.823. The van der Waals surface area contributed by atoms with E-state index < -0.39 is 11.7 Å². The van der Waals surface area contributed by atoms with E-state index in [1.807, 2.05) is 6.07 Å². The smallest absolute Gasteiger partial charge is 0.359 e. The fourth-order valence-corrected chi connectivity index (χ4v) is 1.75. The lowest BCUT2D eigenvalue weighted by Gasteiger charge is -2.10. The molecule has 21 heavy (non-hydrogen) atoms. The largest absolute Gasteiger partial charge is 0.416 e. The summed E-state index contributed by atoms with van der Waals surface area (Å²) in [5.41, 5.74) is -0.631. The Labute approximate surface area is 124 Å². The van der Waals surface area contributed by atoms with Gasteiger partial charge >= 0.3 is 6.18 Å². The molecule has 1 aromatic heterocycles. The zero-order valence-corrected chi connectivity index (χ0v) is 11.7. The Kier molecular flexibility index (Phi) is 4.23. The number of nitrogens with one attached hydrogen (secondary N) is 2. The van der Waals surface area contributed by atoms with Crippen LogP contribution in [0.5, 0.6) is 0 Å². The van der Waals surface area contributed by atoms with E-state index in [2.05, 4.69) is 41.9 Å². The Balaban J connectivity index is 2.29. The molecular formula is C11H6BrF3N6. The van der Waals surface area contributed by atoms with Crippen molar-refractivity contribution in [2.45, 2.75) is 6.18 Å². The van der Waals surface area contributed by atoms with Crippen molar-refractivity contribution in [2.24, 2.45) is 0 Å². The number of hydrogen-bond donors (Lipinski definition) is 2. The summed E-state index contributed by atoms with van der Waals surface area (Å²) in [6, 6.07) is 4.95. The topological polar surface area (TPSA) is 90.3 Å². The highest BCUT2D eigenvalue weighted by atomic mass is 79.9. The number of nitrogens with zero attached hydrogens (tertiary/aromatic N) is 4. The second kappa shape index (κ2) is 5.92. The standard InChI is InChI=1S/C11H6BrF3N6/c12-8-2-1-7(11(13,14)15)3-9(8)17-5-6(4-16)10-18-20-21-19-10/h1-3,5,17H,(H,18,19,20,21). The first-order valence-corrected chi connectivity index (χ1v) is 6.18. The van der Waals surface area contributed by atoms with Gasteiger partial charge in [-0.3, -0.25) is 0 Å². The molecule has 2 rings (SSSR count). The van der Waals surface area contributed by atoms with Crippen molar-refractivity contribution in [1.29, 1.82) is 5.26 Å². The van der Waals surface area contributed by atoms with Gasteiger partial charge in [0.25, 0.3) is 0 Å². The summed E-state index contributed by atoms with van der Waals surface area (Å²) < 4.78 is 38.3. The van der Waals surface area contributed by atoms with Gasteiger partial charge in [-0.05, 0) is 39.3 Å². The molecule has 0 aliphatic heterocycles. The maximum Gasteiger partial charge on any atom is 0.416 e. The van der Waals surface area contributed by atoms with Gasteiger partial charge in [-0.15, -0.1) is 10.2 Å². The van der Waals surface area contributed by atoms with Crippen molar-refractivity contribution in [2.75, 3.05) is 5.32 Å². The molecule has 0 fully saturated rings. The molecule has 0 unspecified atom stereocenters. The maximum atomic E-state index is 12.6. The Bertz CT molecular complexity index is 702. The summed E-state index contributed by atoms with van der Waals surface area (Å²) in [7, 11) is 0. The van der Waals surface area contributed by atoms with Gasteiger partial charge in [0, 0.05) is 10.7 Å². The van der Waals surface area contributed by atoms with Crippen molar-refractivity contribution in [3.8, 4) is 6.07 Å². The Hall–Kier alpha value is -2.41. The van der Waals surface area contributed by atoms with Crippen LogP contribution in [0.2, 0.25) is 0 Å². The van der Waals surface area contributed by atoms with Gasteiger partial charge < -0.3 is 5.32 Å². The molecule has 0 aliphatic carbocycles. The van der Waals surface area contributed by atoms with Gasteiger partial charge in [-0.2, -0.15) is 23.6 Å². The SMILES string of the molecule is N#CC(=CNc1cc(C(F)(F)F)ccc1Br)c1nn[nH]n1. The van der Waals surface area contributed by atoms with Gasteiger partial charge in [0.15, 0.2) is 0 Å². The number of anilines is 1. The van der Waals surface area contributed by atoms with Crippen LogP contribution in [0, 0.1) is 11.3 Å². The number of allylic oxidation sites excluding steroid dienone is 1. The van der Waals surface area contributed by atoms with E-state index in [9.17, 15) is 13.2 Å². The lowest BCUT2D eigenvalue weighted by molar-refractivity contribution is -0.137. The summed E-state index contributed by atoms with van der Waals surface area (Å²) in [5, 5.41) is 24.3. The third-order valence-corrected chi connectivity index (χ3v) is 3.06. The first-order chi connectivity index (χ1) is 9.91. The number of H-pyrrole nitrogens is 1. The second-order valence-electron chi connectivity index (χ2n) is 3.74. The number of hydrogen-bond acceptors (Lipinski definition) is 5. The maximum absolute atomic E-state index is 12.6. The third kappa shape index (κ3) is 3.57. The van der Waals surface area contributed by atoms with E-state index in [4.69, 9.17) is 5.26 Å². The lowest BCUT2D eigenvalue weighted by atomic mass is 10.2. The summed E-state index contributed by atoms with van der Waals surface area (Å²) in [6.45, 7) is 0. The Morgan fingerprint density at radius 1 is 1.43 bits per heavy atom. The van der Waals surface area contributed by atoms with Crippen molar-refractivity contribution in [3.63, 3.8) is 0 Å². The first-order valence-electron chi connectivity index (χ1n) is 5.39. The molecule has 0 saturated carbocycles. The minimum Gasteiger partial charge on any atom is -0.359 e. The zero-order chi connectivity index (χ0) is 15.5. The molecule has 0 amide bonds. The predicted octanol–water partition coefficient (Wildman–Crippen LogP) is 2.96. The van der Waals surface area contributed by atoms with Crippen LogP contribution in [0.4, 0.5) is 18.9 Å². The first kappa shape index (κ1) is 15.0. The molecule has 0 saturated heterocycles. The number of rotatable bonds is 3. The molecule has 0 spiro atoms. The van der Waals surface area contributed by atoms with E-state index in [1.54, 1.807) is 0 Å². The number of tetrazole rings is 1. The highest BCUT2D eigenvalue weighted by Gasteiger charge is 2.30. The molecule has 2 aromatic rings. The van der Waals surface area contributed by atoms with Crippen molar-refractivity contribution in [1.82, 2.24) is 20.6 Å². The van der Waals surface area contributed by atoms with Crippen LogP contribution < -0.4 is 5.32 Å². The molecule has 108 valence electrons. The van der Waals surface area contributed by atoms with Gasteiger partial charge in [0.2, 0.25) is 5.82 Å². The molecule has 10 heteroatoms. The minimum absolute atomic E-state index is 0.0214. The zero-order valence-electron chi connectivity index (χ0n) is 10.1. The number of nitriles is 1. The number of benzene rings is 1. The van der Waals surface area contributed by atoms with E-state index >= 15 is 0 Å². The molecule has 1 heterocycles. The van der Waals surface area contributed by atoms with Crippen LogP contribution in [0.3, 0.4) is 0 Å². The normalized spacial score (nSPS) is 12.0. The van der Waals surface area contributed by atoms with Crippen LogP contribution in [-0.4, -0.2) is 20.6 Å². The van der Waals surface area contributed by atoms with Crippen LogP contribution in [0.1, 0.15) is 11.4 Å². The van der Waals surface area contributed by atoms with Crippen molar-refractivity contribution < 1.29 is 13.2 Å². The molecule has 0 bridgehead atoms. The monoisotopic (exact) mass is 358 g/mol. The minimum atomic E-state index is -4.45. The molecule has 0 aliphatic rings. The number of halogens is 4. The van der Waals surface area contributed by atoms with Crippen LogP contribution in [0.15, 0.2) is 28.9 Å². The summed E-state index contributed by atoms with van der Waals surface area (Å²) in [6.07, 6.45) is -3.25. The summed E-state index contributed by atoms with van der Waals surface area (Å²) in [4.78, 5) is 0. The summed E-state index contributed by atoms with van der Waals surface area (Å²) >= 11 is 3.13. The summed E-state index contributed by atoms with van der Waals surface area (Å²) in [5.74, 6) is 0.0353. The van der Waals surface area contributed by atoms with Crippen molar-refractivity contribution >= 4 is 27.2 Å². The van der Waals surface area contributed by atoms with E-state index in [0.29, 0.717) is 4.47 Å². The van der Waals surface area contributed by atoms with E-state index in [-0.39, 0.29) is 17.1 Å². The molecule has 1 aromatic carbocycles. The molecular weight excluding hydrogens is 353 g/mol. The van der Waals surface area contributed by atoms with Gasteiger partial charge in [-0.1, -0.05) is 0 Å². The van der Waals surface area contributed by atoms with E-state index in [0.717, 1.165) is 12.1 Å². The Morgan fingerprint density at radius 3 is 2.76 bits per heavy atom. The van der Waals surface area contributed by atoms with Gasteiger partial charge in [0.1, 0.15) is 11.6 Å². The second-order valence-corrected chi connectivity index (χ2v) is 4.60. The Morgan fingerprint density at radius 2 is 2.19 bits per heavy atom. The average molecular weight is 359 g/mol.